The van der Waals surface area contributed by atoms with E-state index in [1.807, 2.05) is 6.92 Å². The van der Waals surface area contributed by atoms with E-state index in [0.717, 1.165) is 28.9 Å². The third kappa shape index (κ3) is 2.81. The average Bonchev–Trinajstić information content (AvgIpc) is 2.50. The molecule has 3 rings (SSSR count). The molecule has 3 heteroatoms. The first-order chi connectivity index (χ1) is 10.9. The monoisotopic (exact) mass is 312 g/mol. The van der Waals surface area contributed by atoms with Crippen LogP contribution in [0.25, 0.3) is 0 Å². The van der Waals surface area contributed by atoms with Crippen molar-refractivity contribution in [2.75, 3.05) is 7.11 Å². The van der Waals surface area contributed by atoms with Crippen molar-refractivity contribution in [3.8, 4) is 11.5 Å². The van der Waals surface area contributed by atoms with Crippen LogP contribution in [0, 0.1) is 27.7 Å². The highest BCUT2D eigenvalue weighted by Gasteiger charge is 2.33. The summed E-state index contributed by atoms with van der Waals surface area (Å²) in [5, 5.41) is 9.86. The number of ether oxygens (including phenoxy) is 2. The minimum Gasteiger partial charge on any atom is -0.508 e. The van der Waals surface area contributed by atoms with Gasteiger partial charge in [0.1, 0.15) is 17.6 Å². The molecule has 0 radical (unpaired) electrons. The normalized spacial score (nSPS) is 20.0. The molecule has 0 aliphatic carbocycles. The Morgan fingerprint density at radius 1 is 1.00 bits per heavy atom. The van der Waals surface area contributed by atoms with Crippen molar-refractivity contribution in [2.45, 2.75) is 46.3 Å². The van der Waals surface area contributed by atoms with Gasteiger partial charge < -0.3 is 14.6 Å². The topological polar surface area (TPSA) is 38.7 Å². The van der Waals surface area contributed by atoms with E-state index in [9.17, 15) is 5.11 Å². The number of benzene rings is 2. The fourth-order valence-corrected chi connectivity index (χ4v) is 3.38. The first kappa shape index (κ1) is 15.9. The number of aromatic hydroxyl groups is 1. The number of phenols is 1. The van der Waals surface area contributed by atoms with Gasteiger partial charge in [0.05, 0.1) is 0 Å². The molecule has 2 unspecified atom stereocenters. The number of rotatable bonds is 2. The summed E-state index contributed by atoms with van der Waals surface area (Å²) in [6, 6.07) is 7.84. The van der Waals surface area contributed by atoms with Crippen molar-refractivity contribution in [2.24, 2.45) is 0 Å². The van der Waals surface area contributed by atoms with Crippen molar-refractivity contribution in [1.82, 2.24) is 0 Å². The lowest BCUT2D eigenvalue weighted by atomic mass is 9.89. The summed E-state index contributed by atoms with van der Waals surface area (Å²) in [6.07, 6.45) is 0.591. The third-order valence-electron chi connectivity index (χ3n) is 4.99. The lowest BCUT2D eigenvalue weighted by Gasteiger charge is -2.34. The smallest absolute Gasteiger partial charge is 0.150 e. The number of aryl methyl sites for hydroxylation is 3. The van der Waals surface area contributed by atoms with E-state index >= 15 is 0 Å². The molecule has 1 aliphatic heterocycles. The molecule has 2 aromatic rings. The molecule has 1 heterocycles. The summed E-state index contributed by atoms with van der Waals surface area (Å²) in [4.78, 5) is 0. The first-order valence-electron chi connectivity index (χ1n) is 8.00. The van der Waals surface area contributed by atoms with Gasteiger partial charge in [-0.15, -0.1) is 0 Å². The Kier molecular flexibility index (Phi) is 4.07. The number of hydrogen-bond donors (Lipinski definition) is 1. The second-order valence-electron chi connectivity index (χ2n) is 6.54. The maximum atomic E-state index is 9.86. The maximum absolute atomic E-state index is 9.86. The van der Waals surface area contributed by atoms with Crippen molar-refractivity contribution in [1.29, 1.82) is 0 Å². The fourth-order valence-electron chi connectivity index (χ4n) is 3.38. The quantitative estimate of drug-likeness (QED) is 0.897. The van der Waals surface area contributed by atoms with Crippen molar-refractivity contribution >= 4 is 0 Å². The van der Waals surface area contributed by atoms with Gasteiger partial charge in [-0.25, -0.2) is 0 Å². The largest absolute Gasteiger partial charge is 0.508 e. The van der Waals surface area contributed by atoms with Crippen LogP contribution in [0.15, 0.2) is 24.3 Å². The van der Waals surface area contributed by atoms with Crippen LogP contribution in [0.5, 0.6) is 11.5 Å². The molecule has 3 nitrogen and oxygen atoms in total. The van der Waals surface area contributed by atoms with E-state index in [1.165, 1.54) is 16.7 Å². The minimum absolute atomic E-state index is 0.0350. The van der Waals surface area contributed by atoms with E-state index < -0.39 is 0 Å². The van der Waals surface area contributed by atoms with Gasteiger partial charge in [0.15, 0.2) is 6.10 Å². The molecule has 122 valence electrons. The van der Waals surface area contributed by atoms with Gasteiger partial charge in [-0.2, -0.15) is 0 Å². The highest BCUT2D eigenvalue weighted by atomic mass is 16.5. The standard InChI is InChI=1S/C20H24O3/c1-11-6-15(7-12(2)14(11)4)20-19(22-5)10-17-13(3)8-16(21)9-18(17)23-20/h6-9,19-21H,10H2,1-5H3. The lowest BCUT2D eigenvalue weighted by molar-refractivity contribution is -0.0117. The molecule has 1 aliphatic rings. The number of fused-ring (bicyclic) bond motifs is 1. The van der Waals surface area contributed by atoms with Crippen LogP contribution in [0.3, 0.4) is 0 Å². The van der Waals surface area contributed by atoms with Crippen molar-refractivity contribution < 1.29 is 14.6 Å². The zero-order valence-electron chi connectivity index (χ0n) is 14.4. The molecular formula is C20H24O3. The lowest BCUT2D eigenvalue weighted by Crippen LogP contribution is -2.32. The predicted octanol–water partition coefficient (Wildman–Crippen LogP) is 4.32. The highest BCUT2D eigenvalue weighted by molar-refractivity contribution is 5.48. The second-order valence-corrected chi connectivity index (χ2v) is 6.54. The molecule has 2 aromatic carbocycles. The van der Waals surface area contributed by atoms with Gasteiger partial charge in [-0.05, 0) is 61.6 Å². The Hall–Kier alpha value is -2.00. The Morgan fingerprint density at radius 3 is 2.26 bits per heavy atom. The van der Waals surface area contributed by atoms with Crippen LogP contribution in [0.2, 0.25) is 0 Å². The zero-order chi connectivity index (χ0) is 16.7. The Labute approximate surface area is 137 Å². The number of hydrogen-bond acceptors (Lipinski definition) is 3. The van der Waals surface area contributed by atoms with E-state index in [-0.39, 0.29) is 18.0 Å². The molecule has 23 heavy (non-hydrogen) atoms. The molecule has 0 amide bonds. The van der Waals surface area contributed by atoms with Crippen LogP contribution in [0.4, 0.5) is 0 Å². The van der Waals surface area contributed by atoms with Crippen LogP contribution in [-0.4, -0.2) is 18.3 Å². The van der Waals surface area contributed by atoms with Crippen molar-refractivity contribution in [3.05, 3.63) is 57.6 Å². The molecule has 0 bridgehead atoms. The van der Waals surface area contributed by atoms with Gasteiger partial charge in [-0.1, -0.05) is 12.1 Å². The van der Waals surface area contributed by atoms with E-state index in [0.29, 0.717) is 0 Å². The Bertz CT molecular complexity index is 726. The van der Waals surface area contributed by atoms with Crippen molar-refractivity contribution in [3.63, 3.8) is 0 Å². The fraction of sp³-hybridized carbons (Fsp3) is 0.400. The van der Waals surface area contributed by atoms with Crippen LogP contribution < -0.4 is 4.74 Å². The minimum atomic E-state index is -0.160. The van der Waals surface area contributed by atoms with Crippen LogP contribution >= 0.6 is 0 Å². The summed E-state index contributed by atoms with van der Waals surface area (Å²) >= 11 is 0. The molecule has 0 aromatic heterocycles. The molecule has 0 fully saturated rings. The van der Waals surface area contributed by atoms with Gasteiger partial charge in [0.25, 0.3) is 0 Å². The number of phenolic OH excluding ortho intramolecular Hbond substituents is 1. The van der Waals surface area contributed by atoms with E-state index in [1.54, 1.807) is 19.2 Å². The van der Waals surface area contributed by atoms with Gasteiger partial charge in [0.2, 0.25) is 0 Å². The Morgan fingerprint density at radius 2 is 1.65 bits per heavy atom. The van der Waals surface area contributed by atoms with E-state index in [2.05, 4.69) is 32.9 Å². The van der Waals surface area contributed by atoms with Crippen LogP contribution in [-0.2, 0) is 11.2 Å². The molecule has 0 saturated carbocycles. The molecular weight excluding hydrogens is 288 g/mol. The second kappa shape index (κ2) is 5.89. The molecule has 0 saturated heterocycles. The molecule has 2 atom stereocenters. The first-order valence-corrected chi connectivity index (χ1v) is 8.00. The Balaban J connectivity index is 2.05. The average molecular weight is 312 g/mol. The number of methoxy groups -OCH3 is 1. The summed E-state index contributed by atoms with van der Waals surface area (Å²) < 4.78 is 12.0. The SMILES string of the molecule is COC1Cc2c(C)cc(O)cc2OC1c1cc(C)c(C)c(C)c1. The highest BCUT2D eigenvalue weighted by Crippen LogP contribution is 2.40. The molecule has 0 spiro atoms. The van der Waals surface area contributed by atoms with Gasteiger partial charge in [0, 0.05) is 25.2 Å². The predicted molar refractivity (Wildman–Crippen MR) is 91.4 cm³/mol. The summed E-state index contributed by atoms with van der Waals surface area (Å²) in [5.74, 6) is 1.00. The zero-order valence-corrected chi connectivity index (χ0v) is 14.4. The van der Waals surface area contributed by atoms with Gasteiger partial charge in [-0.3, -0.25) is 0 Å². The summed E-state index contributed by atoms with van der Waals surface area (Å²) in [5.41, 5.74) is 7.12. The molecule has 1 N–H and O–H groups in total. The summed E-state index contributed by atoms with van der Waals surface area (Å²) in [7, 11) is 1.73. The maximum Gasteiger partial charge on any atom is 0.150 e. The van der Waals surface area contributed by atoms with E-state index in [4.69, 9.17) is 9.47 Å². The third-order valence-corrected chi connectivity index (χ3v) is 4.99. The summed E-state index contributed by atoms with van der Waals surface area (Å²) in [6.45, 7) is 8.39. The van der Waals surface area contributed by atoms with Gasteiger partial charge >= 0.3 is 0 Å². The van der Waals surface area contributed by atoms with Crippen LogP contribution in [0.1, 0.15) is 39.5 Å².